The zero-order chi connectivity index (χ0) is 22.9. The molecule has 0 spiro atoms. The summed E-state index contributed by atoms with van der Waals surface area (Å²) < 4.78 is 11.0. The Morgan fingerprint density at radius 2 is 1.72 bits per heavy atom. The molecular formula is C25H27N3O4. The van der Waals surface area contributed by atoms with Crippen LogP contribution in [0.1, 0.15) is 29.8 Å². The summed E-state index contributed by atoms with van der Waals surface area (Å²) in [7, 11) is 1.50. The molecule has 3 aromatic rings. The van der Waals surface area contributed by atoms with Gasteiger partial charge in [-0.3, -0.25) is 14.6 Å². The molecule has 0 fully saturated rings. The predicted molar refractivity (Wildman–Crippen MR) is 123 cm³/mol. The van der Waals surface area contributed by atoms with E-state index in [-0.39, 0.29) is 24.5 Å². The maximum Gasteiger partial charge on any atom is 0.258 e. The van der Waals surface area contributed by atoms with Crippen LogP contribution in [-0.2, 0) is 11.3 Å². The van der Waals surface area contributed by atoms with Crippen LogP contribution < -0.4 is 19.7 Å². The second-order valence-electron chi connectivity index (χ2n) is 7.46. The Kier molecular flexibility index (Phi) is 7.80. The fourth-order valence-electron chi connectivity index (χ4n) is 3.15. The summed E-state index contributed by atoms with van der Waals surface area (Å²) in [6.07, 6.45) is 3.31. The highest BCUT2D eigenvalue weighted by Crippen LogP contribution is 2.29. The molecule has 0 atom stereocenters. The third-order valence-electron chi connectivity index (χ3n) is 4.62. The van der Waals surface area contributed by atoms with Gasteiger partial charge in [0.2, 0.25) is 0 Å². The van der Waals surface area contributed by atoms with E-state index in [0.717, 1.165) is 11.3 Å². The molecule has 3 rings (SSSR count). The van der Waals surface area contributed by atoms with Gasteiger partial charge in [-0.05, 0) is 49.7 Å². The van der Waals surface area contributed by atoms with Gasteiger partial charge in [-0.2, -0.15) is 0 Å². The summed E-state index contributed by atoms with van der Waals surface area (Å²) in [4.78, 5) is 31.1. The van der Waals surface area contributed by atoms with Gasteiger partial charge in [0.25, 0.3) is 11.8 Å². The Labute approximate surface area is 188 Å². The van der Waals surface area contributed by atoms with Gasteiger partial charge >= 0.3 is 0 Å². The van der Waals surface area contributed by atoms with Crippen molar-refractivity contribution in [2.75, 3.05) is 18.6 Å². The van der Waals surface area contributed by atoms with Crippen LogP contribution in [0.4, 0.5) is 5.69 Å². The highest BCUT2D eigenvalue weighted by atomic mass is 16.5. The third-order valence-corrected chi connectivity index (χ3v) is 4.62. The van der Waals surface area contributed by atoms with Gasteiger partial charge < -0.3 is 19.7 Å². The van der Waals surface area contributed by atoms with Crippen molar-refractivity contribution in [1.29, 1.82) is 0 Å². The molecule has 0 aliphatic rings. The van der Waals surface area contributed by atoms with Crippen LogP contribution in [-0.4, -0.2) is 36.6 Å². The summed E-state index contributed by atoms with van der Waals surface area (Å²) in [6.45, 7) is 4.02. The lowest BCUT2D eigenvalue weighted by atomic mass is 10.1. The summed E-state index contributed by atoms with van der Waals surface area (Å²) in [5.74, 6) is 0.348. The van der Waals surface area contributed by atoms with Gasteiger partial charge in [0.15, 0.2) is 18.1 Å². The van der Waals surface area contributed by atoms with Crippen molar-refractivity contribution in [3.63, 3.8) is 0 Å². The van der Waals surface area contributed by atoms with Crippen LogP contribution in [0.3, 0.4) is 0 Å². The van der Waals surface area contributed by atoms with Crippen molar-refractivity contribution < 1.29 is 19.1 Å². The Hall–Kier alpha value is -3.87. The highest BCUT2D eigenvalue weighted by Gasteiger charge is 2.20. The van der Waals surface area contributed by atoms with Crippen LogP contribution >= 0.6 is 0 Å². The van der Waals surface area contributed by atoms with Crippen molar-refractivity contribution >= 4 is 17.5 Å². The number of hydrogen-bond donors (Lipinski definition) is 1. The van der Waals surface area contributed by atoms with Gasteiger partial charge in [-0.25, -0.2) is 0 Å². The number of aromatic nitrogens is 1. The molecule has 1 N–H and O–H groups in total. The fourth-order valence-corrected chi connectivity index (χ4v) is 3.15. The Bertz CT molecular complexity index is 1040. The zero-order valence-electron chi connectivity index (χ0n) is 18.4. The number of pyridine rings is 1. The molecule has 0 aliphatic carbocycles. The monoisotopic (exact) mass is 433 g/mol. The smallest absolute Gasteiger partial charge is 0.258 e. The number of benzene rings is 2. The summed E-state index contributed by atoms with van der Waals surface area (Å²) >= 11 is 0. The fraction of sp³-hybridized carbons (Fsp3) is 0.240. The van der Waals surface area contributed by atoms with Gasteiger partial charge in [-0.1, -0.05) is 30.3 Å². The molecule has 0 bridgehead atoms. The summed E-state index contributed by atoms with van der Waals surface area (Å²) in [6, 6.07) is 18.3. The van der Waals surface area contributed by atoms with E-state index in [1.54, 1.807) is 47.6 Å². The predicted octanol–water partition coefficient (Wildman–Crippen LogP) is 3.84. The van der Waals surface area contributed by atoms with Crippen molar-refractivity contribution in [2.45, 2.75) is 26.4 Å². The molecule has 0 saturated carbocycles. The minimum atomic E-state index is -0.228. The summed E-state index contributed by atoms with van der Waals surface area (Å²) in [5, 5.41) is 2.77. The minimum Gasteiger partial charge on any atom is -0.493 e. The largest absolute Gasteiger partial charge is 0.493 e. The van der Waals surface area contributed by atoms with Crippen molar-refractivity contribution in [1.82, 2.24) is 10.3 Å². The van der Waals surface area contributed by atoms with Gasteiger partial charge in [0, 0.05) is 29.7 Å². The first-order valence-corrected chi connectivity index (χ1v) is 10.3. The van der Waals surface area contributed by atoms with E-state index < -0.39 is 0 Å². The van der Waals surface area contributed by atoms with E-state index in [9.17, 15) is 9.59 Å². The zero-order valence-corrected chi connectivity index (χ0v) is 18.4. The van der Waals surface area contributed by atoms with Crippen LogP contribution in [0.25, 0.3) is 0 Å². The van der Waals surface area contributed by atoms with Gasteiger partial charge in [0.1, 0.15) is 0 Å². The molecule has 0 unspecified atom stereocenters. The molecule has 0 saturated heterocycles. The Morgan fingerprint density at radius 3 is 2.38 bits per heavy atom. The lowest BCUT2D eigenvalue weighted by Crippen LogP contribution is -2.34. The molecule has 2 aromatic carbocycles. The van der Waals surface area contributed by atoms with Crippen molar-refractivity contribution in [3.05, 3.63) is 84.2 Å². The number of amides is 2. The SMILES string of the molecule is COc1cc(C(=O)N(Cc2ccccc2)c2ccncc2)ccc1OCC(=O)NC(C)C. The lowest BCUT2D eigenvalue weighted by Gasteiger charge is -2.23. The number of methoxy groups -OCH3 is 1. The number of hydrogen-bond acceptors (Lipinski definition) is 5. The van der Waals surface area contributed by atoms with Crippen molar-refractivity contribution in [3.8, 4) is 11.5 Å². The average Bonchev–Trinajstić information content (AvgIpc) is 2.81. The molecule has 2 amide bonds. The van der Waals surface area contributed by atoms with Crippen LogP contribution in [0.15, 0.2) is 73.1 Å². The van der Waals surface area contributed by atoms with Crippen molar-refractivity contribution in [2.24, 2.45) is 0 Å². The first-order valence-electron chi connectivity index (χ1n) is 10.3. The number of nitrogens with one attached hydrogen (secondary N) is 1. The number of anilines is 1. The number of rotatable bonds is 9. The Morgan fingerprint density at radius 1 is 1.00 bits per heavy atom. The van der Waals surface area contributed by atoms with Crippen LogP contribution in [0.5, 0.6) is 11.5 Å². The normalized spacial score (nSPS) is 10.5. The van der Waals surface area contributed by atoms with E-state index in [4.69, 9.17) is 9.47 Å². The maximum absolute atomic E-state index is 13.5. The molecule has 1 heterocycles. The number of carbonyl (C=O) groups excluding carboxylic acids is 2. The molecular weight excluding hydrogens is 406 g/mol. The molecule has 7 nitrogen and oxygen atoms in total. The highest BCUT2D eigenvalue weighted by molar-refractivity contribution is 6.06. The van der Waals surface area contributed by atoms with Crippen LogP contribution in [0.2, 0.25) is 0 Å². The summed E-state index contributed by atoms with van der Waals surface area (Å²) in [5.41, 5.74) is 2.17. The number of ether oxygens (including phenoxy) is 2. The topological polar surface area (TPSA) is 80.8 Å². The van der Waals surface area contributed by atoms with Gasteiger partial charge in [-0.15, -0.1) is 0 Å². The molecule has 0 radical (unpaired) electrons. The molecule has 7 heteroatoms. The number of nitrogens with zero attached hydrogens (tertiary/aromatic N) is 2. The average molecular weight is 434 g/mol. The van der Waals surface area contributed by atoms with E-state index in [1.165, 1.54) is 7.11 Å². The quantitative estimate of drug-likeness (QED) is 0.555. The van der Waals surface area contributed by atoms with E-state index in [0.29, 0.717) is 23.6 Å². The first-order chi connectivity index (χ1) is 15.5. The van der Waals surface area contributed by atoms with Gasteiger partial charge in [0.05, 0.1) is 13.7 Å². The molecule has 1 aromatic heterocycles. The lowest BCUT2D eigenvalue weighted by molar-refractivity contribution is -0.123. The standard InChI is InChI=1S/C25H27N3O4/c1-18(2)27-24(29)17-32-22-10-9-20(15-23(22)31-3)25(30)28(21-11-13-26-14-12-21)16-19-7-5-4-6-8-19/h4-15,18H,16-17H2,1-3H3,(H,27,29). The van der Waals surface area contributed by atoms with E-state index in [1.807, 2.05) is 44.2 Å². The maximum atomic E-state index is 13.5. The molecule has 0 aliphatic heterocycles. The first kappa shape index (κ1) is 22.8. The molecule has 166 valence electrons. The molecule has 32 heavy (non-hydrogen) atoms. The minimum absolute atomic E-state index is 0.0248. The third kappa shape index (κ3) is 6.07. The van der Waals surface area contributed by atoms with Crippen LogP contribution in [0, 0.1) is 0 Å². The number of carbonyl (C=O) groups is 2. The Balaban J connectivity index is 1.83. The van der Waals surface area contributed by atoms with E-state index in [2.05, 4.69) is 10.3 Å². The second kappa shape index (κ2) is 10.9. The van der Waals surface area contributed by atoms with E-state index >= 15 is 0 Å². The second-order valence-corrected chi connectivity index (χ2v) is 7.46.